The first-order valence-electron chi connectivity index (χ1n) is 7.41. The zero-order valence-corrected chi connectivity index (χ0v) is 13.2. The maximum atomic E-state index is 3.57. The number of aryl methyl sites for hydroxylation is 1. The lowest BCUT2D eigenvalue weighted by Gasteiger charge is -2.03. The summed E-state index contributed by atoms with van der Waals surface area (Å²) < 4.78 is 2.37. The molecule has 1 N–H and O–H groups in total. The number of hydrogen-bond donors (Lipinski definition) is 1. The van der Waals surface area contributed by atoms with Crippen molar-refractivity contribution in [3.63, 3.8) is 0 Å². The standard InChI is InChI=1S/C19H16N2S/c1-14-6-4-7-15(12-14)13-21-17-9-3-2-8-16(17)20-19(21)18-10-5-11-22-18/h2-12H,13H2,1H3/p+1. The Bertz CT molecular complexity index is 920. The molecule has 4 aromatic rings. The normalized spacial score (nSPS) is 11.1. The summed E-state index contributed by atoms with van der Waals surface area (Å²) in [4.78, 5) is 4.84. The zero-order chi connectivity index (χ0) is 14.9. The van der Waals surface area contributed by atoms with Crippen molar-refractivity contribution in [2.75, 3.05) is 0 Å². The second-order valence-corrected chi connectivity index (χ2v) is 6.49. The SMILES string of the molecule is Cc1cccc(C[n+]2c(-c3cccs3)[nH]c3ccccc32)c1. The molecule has 0 aliphatic rings. The molecule has 2 aromatic carbocycles. The number of rotatable bonds is 3. The molecule has 0 spiro atoms. The highest BCUT2D eigenvalue weighted by Crippen LogP contribution is 2.23. The number of para-hydroxylation sites is 2. The Hall–Kier alpha value is -2.39. The number of hydrogen-bond acceptors (Lipinski definition) is 1. The van der Waals surface area contributed by atoms with Crippen LogP contribution in [-0.2, 0) is 6.54 Å². The third-order valence-electron chi connectivity index (χ3n) is 3.90. The first-order chi connectivity index (χ1) is 10.8. The molecule has 3 heteroatoms. The van der Waals surface area contributed by atoms with Gasteiger partial charge in [-0.3, -0.25) is 0 Å². The van der Waals surface area contributed by atoms with Gasteiger partial charge in [-0.15, -0.1) is 11.3 Å². The van der Waals surface area contributed by atoms with E-state index in [1.165, 1.54) is 32.9 Å². The molecule has 0 fully saturated rings. The number of aromatic amines is 1. The minimum absolute atomic E-state index is 0.874. The average Bonchev–Trinajstić information content (AvgIpc) is 3.15. The van der Waals surface area contributed by atoms with Crippen LogP contribution < -0.4 is 4.57 Å². The van der Waals surface area contributed by atoms with E-state index in [0.29, 0.717) is 0 Å². The van der Waals surface area contributed by atoms with Gasteiger partial charge in [-0.25, -0.2) is 9.55 Å². The third-order valence-corrected chi connectivity index (χ3v) is 4.77. The Labute approximate surface area is 133 Å². The molecule has 0 unspecified atom stereocenters. The van der Waals surface area contributed by atoms with Crippen molar-refractivity contribution in [1.82, 2.24) is 4.98 Å². The smallest absolute Gasteiger partial charge is 0.236 e. The molecule has 0 amide bonds. The summed E-state index contributed by atoms with van der Waals surface area (Å²) >= 11 is 1.77. The molecule has 0 saturated carbocycles. The summed E-state index contributed by atoms with van der Waals surface area (Å²) in [6.45, 7) is 3.02. The number of fused-ring (bicyclic) bond motifs is 1. The number of nitrogens with zero attached hydrogens (tertiary/aromatic N) is 1. The molecule has 0 saturated heterocycles. The topological polar surface area (TPSA) is 19.7 Å². The molecule has 0 aliphatic heterocycles. The predicted octanol–water partition coefficient (Wildman–Crippen LogP) is 4.54. The fourth-order valence-corrected chi connectivity index (χ4v) is 3.63. The van der Waals surface area contributed by atoms with Crippen LogP contribution in [0.2, 0.25) is 0 Å². The molecule has 0 atom stereocenters. The molecule has 2 nitrogen and oxygen atoms in total. The maximum absolute atomic E-state index is 3.57. The molecule has 4 rings (SSSR count). The van der Waals surface area contributed by atoms with Crippen molar-refractivity contribution < 1.29 is 4.57 Å². The fraction of sp³-hybridized carbons (Fsp3) is 0.105. The number of aromatic nitrogens is 2. The lowest BCUT2D eigenvalue weighted by molar-refractivity contribution is -0.650. The first-order valence-corrected chi connectivity index (χ1v) is 8.29. The first kappa shape index (κ1) is 13.3. The van der Waals surface area contributed by atoms with Gasteiger partial charge < -0.3 is 0 Å². The van der Waals surface area contributed by atoms with Crippen molar-refractivity contribution >= 4 is 22.4 Å². The van der Waals surface area contributed by atoms with Crippen LogP contribution in [0.1, 0.15) is 11.1 Å². The molecule has 0 bridgehead atoms. The van der Waals surface area contributed by atoms with Crippen LogP contribution in [-0.4, -0.2) is 4.98 Å². The van der Waals surface area contributed by atoms with Gasteiger partial charge >= 0.3 is 0 Å². The fourth-order valence-electron chi connectivity index (χ4n) is 2.90. The number of H-pyrrole nitrogens is 1. The van der Waals surface area contributed by atoms with Gasteiger partial charge in [0.15, 0.2) is 11.0 Å². The highest BCUT2D eigenvalue weighted by atomic mass is 32.1. The van der Waals surface area contributed by atoms with Crippen LogP contribution in [0.4, 0.5) is 0 Å². The average molecular weight is 305 g/mol. The van der Waals surface area contributed by atoms with Crippen LogP contribution in [0.5, 0.6) is 0 Å². The second-order valence-electron chi connectivity index (χ2n) is 5.54. The summed E-state index contributed by atoms with van der Waals surface area (Å²) in [5, 5.41) is 2.12. The van der Waals surface area contributed by atoms with Gasteiger partial charge in [0.05, 0.1) is 0 Å². The largest absolute Gasteiger partial charge is 0.298 e. The molecule has 2 aromatic heterocycles. The van der Waals surface area contributed by atoms with E-state index in [-0.39, 0.29) is 0 Å². The van der Waals surface area contributed by atoms with Gasteiger partial charge in [-0.2, -0.15) is 0 Å². The van der Waals surface area contributed by atoms with Crippen LogP contribution in [0.15, 0.2) is 66.0 Å². The van der Waals surface area contributed by atoms with Crippen molar-refractivity contribution in [3.05, 3.63) is 77.2 Å². The molecular weight excluding hydrogens is 288 g/mol. The van der Waals surface area contributed by atoms with E-state index in [1.54, 1.807) is 11.3 Å². The highest BCUT2D eigenvalue weighted by molar-refractivity contribution is 7.13. The van der Waals surface area contributed by atoms with Crippen molar-refractivity contribution in [2.24, 2.45) is 0 Å². The predicted molar refractivity (Wildman–Crippen MR) is 92.1 cm³/mol. The van der Waals surface area contributed by atoms with E-state index in [2.05, 4.69) is 82.5 Å². The van der Waals surface area contributed by atoms with Gasteiger partial charge in [0, 0.05) is 0 Å². The number of imidazole rings is 1. The van der Waals surface area contributed by atoms with Gasteiger partial charge in [0.25, 0.3) is 5.82 Å². The minimum atomic E-state index is 0.874. The summed E-state index contributed by atoms with van der Waals surface area (Å²) in [6, 6.07) is 21.5. The third kappa shape index (κ3) is 2.34. The molecule has 2 heterocycles. The van der Waals surface area contributed by atoms with Crippen LogP contribution >= 0.6 is 11.3 Å². The van der Waals surface area contributed by atoms with Crippen molar-refractivity contribution in [3.8, 4) is 10.7 Å². The number of thiophene rings is 1. The van der Waals surface area contributed by atoms with Crippen molar-refractivity contribution in [2.45, 2.75) is 13.5 Å². The summed E-state index contributed by atoms with van der Waals surface area (Å²) in [6.07, 6.45) is 0. The van der Waals surface area contributed by atoms with Gasteiger partial charge in [0.2, 0.25) is 0 Å². The Morgan fingerprint density at radius 1 is 1.00 bits per heavy atom. The van der Waals surface area contributed by atoms with E-state index < -0.39 is 0 Å². The van der Waals surface area contributed by atoms with E-state index in [4.69, 9.17) is 0 Å². The van der Waals surface area contributed by atoms with E-state index in [0.717, 1.165) is 6.54 Å². The van der Waals surface area contributed by atoms with E-state index in [9.17, 15) is 0 Å². The molecule has 0 aliphatic carbocycles. The van der Waals surface area contributed by atoms with E-state index in [1.807, 2.05) is 0 Å². The molecule has 22 heavy (non-hydrogen) atoms. The monoisotopic (exact) mass is 305 g/mol. The van der Waals surface area contributed by atoms with Crippen molar-refractivity contribution in [1.29, 1.82) is 0 Å². The summed E-state index contributed by atoms with van der Waals surface area (Å²) in [5.74, 6) is 1.18. The number of nitrogens with one attached hydrogen (secondary N) is 1. The quantitative estimate of drug-likeness (QED) is 0.536. The van der Waals surface area contributed by atoms with E-state index >= 15 is 0 Å². The zero-order valence-electron chi connectivity index (χ0n) is 12.4. The van der Waals surface area contributed by atoms with Crippen LogP contribution in [0.3, 0.4) is 0 Å². The second kappa shape index (κ2) is 5.43. The molecule has 0 radical (unpaired) electrons. The lowest BCUT2D eigenvalue weighted by Crippen LogP contribution is -2.35. The Kier molecular flexibility index (Phi) is 3.28. The molecule has 108 valence electrons. The maximum Gasteiger partial charge on any atom is 0.298 e. The lowest BCUT2D eigenvalue weighted by atomic mass is 10.1. The number of benzene rings is 2. The van der Waals surface area contributed by atoms with Gasteiger partial charge in [0.1, 0.15) is 11.4 Å². The van der Waals surface area contributed by atoms with Crippen LogP contribution in [0.25, 0.3) is 21.7 Å². The van der Waals surface area contributed by atoms with Gasteiger partial charge in [-0.05, 0) is 36.1 Å². The van der Waals surface area contributed by atoms with Gasteiger partial charge in [-0.1, -0.05) is 48.0 Å². The summed E-state index contributed by atoms with van der Waals surface area (Å²) in [5.41, 5.74) is 5.05. The Morgan fingerprint density at radius 2 is 1.91 bits per heavy atom. The highest BCUT2D eigenvalue weighted by Gasteiger charge is 2.20. The Morgan fingerprint density at radius 3 is 2.73 bits per heavy atom. The minimum Gasteiger partial charge on any atom is -0.236 e. The molecular formula is C19H17N2S+. The Balaban J connectivity index is 1.89. The van der Waals surface area contributed by atoms with Crippen LogP contribution in [0, 0.1) is 6.92 Å². The summed E-state index contributed by atoms with van der Waals surface area (Å²) in [7, 11) is 0.